The molecule has 0 aromatic carbocycles. The number of nitrogens with two attached hydrogens (primary N) is 1. The van der Waals surface area contributed by atoms with Crippen molar-refractivity contribution in [1.29, 1.82) is 0 Å². The molecule has 3 heteroatoms. The number of nitrogens with one attached hydrogen (secondary N) is 1. The second kappa shape index (κ2) is 2.82. The van der Waals surface area contributed by atoms with Gasteiger partial charge in [-0.1, -0.05) is 0 Å². The summed E-state index contributed by atoms with van der Waals surface area (Å²) in [5, 5.41) is 0. The van der Waals surface area contributed by atoms with E-state index < -0.39 is 0 Å². The molecular formula is C6H13N3. The molecule has 0 spiro atoms. The van der Waals surface area contributed by atoms with E-state index in [4.69, 9.17) is 5.84 Å². The third kappa shape index (κ3) is 1.68. The zero-order valence-electron chi connectivity index (χ0n) is 5.72. The molecule has 0 aromatic heterocycles. The molecule has 52 valence electrons. The van der Waals surface area contributed by atoms with Gasteiger partial charge in [0.1, 0.15) is 5.84 Å². The minimum absolute atomic E-state index is 0.463. The van der Waals surface area contributed by atoms with E-state index in [1.807, 2.05) is 0 Å². The largest absolute Gasteiger partial charge is 0.312 e. The summed E-state index contributed by atoms with van der Waals surface area (Å²) in [6.07, 6.45) is 3.43. The Morgan fingerprint density at radius 1 is 1.78 bits per heavy atom. The van der Waals surface area contributed by atoms with Crippen LogP contribution in [0, 0.1) is 0 Å². The van der Waals surface area contributed by atoms with Crippen LogP contribution in [0.4, 0.5) is 0 Å². The van der Waals surface area contributed by atoms with Crippen molar-refractivity contribution in [3.8, 4) is 0 Å². The highest BCUT2D eigenvalue weighted by atomic mass is 15.3. The molecule has 1 aliphatic heterocycles. The third-order valence-corrected chi connectivity index (χ3v) is 1.58. The average Bonchev–Trinajstić information content (AvgIpc) is 1.88. The third-order valence-electron chi connectivity index (χ3n) is 1.58. The average molecular weight is 127 g/mol. The van der Waals surface area contributed by atoms with Crippen LogP contribution in [0.5, 0.6) is 0 Å². The molecule has 1 aliphatic rings. The van der Waals surface area contributed by atoms with Crippen molar-refractivity contribution in [2.75, 3.05) is 0 Å². The summed E-state index contributed by atoms with van der Waals surface area (Å²) in [6.45, 7) is 2.11. The van der Waals surface area contributed by atoms with Crippen molar-refractivity contribution in [1.82, 2.24) is 5.43 Å². The Morgan fingerprint density at radius 3 is 3.00 bits per heavy atom. The van der Waals surface area contributed by atoms with Gasteiger partial charge in [0.15, 0.2) is 0 Å². The first-order chi connectivity index (χ1) is 4.33. The van der Waals surface area contributed by atoms with Crippen molar-refractivity contribution in [2.24, 2.45) is 10.8 Å². The van der Waals surface area contributed by atoms with Crippen LogP contribution in [-0.4, -0.2) is 11.9 Å². The molecule has 0 saturated heterocycles. The minimum Gasteiger partial charge on any atom is -0.312 e. The Hall–Kier alpha value is -0.570. The standard InChI is InChI=1S/C6H13N3/c1-5-3-2-4-6(8-5)9-7/h5H,2-4,7H2,1H3,(H,8,9). The Balaban J connectivity index is 2.49. The normalized spacial score (nSPS) is 27.3. The first-order valence-corrected chi connectivity index (χ1v) is 3.36. The Morgan fingerprint density at radius 2 is 2.56 bits per heavy atom. The lowest BCUT2D eigenvalue weighted by Crippen LogP contribution is -2.33. The first-order valence-electron chi connectivity index (χ1n) is 3.36. The Labute approximate surface area is 55.3 Å². The van der Waals surface area contributed by atoms with E-state index in [1.165, 1.54) is 12.8 Å². The van der Waals surface area contributed by atoms with E-state index in [-0.39, 0.29) is 0 Å². The number of nitrogens with zero attached hydrogens (tertiary/aromatic N) is 1. The smallest absolute Gasteiger partial charge is 0.111 e. The van der Waals surface area contributed by atoms with Crippen LogP contribution < -0.4 is 11.3 Å². The molecular weight excluding hydrogens is 114 g/mol. The first kappa shape index (κ1) is 6.55. The zero-order chi connectivity index (χ0) is 6.69. The predicted molar refractivity (Wildman–Crippen MR) is 38.1 cm³/mol. The number of hydrogen-bond donors (Lipinski definition) is 2. The van der Waals surface area contributed by atoms with Gasteiger partial charge < -0.3 is 5.43 Å². The van der Waals surface area contributed by atoms with Crippen molar-refractivity contribution < 1.29 is 0 Å². The summed E-state index contributed by atoms with van der Waals surface area (Å²) in [5.41, 5.74) is 2.58. The van der Waals surface area contributed by atoms with Gasteiger partial charge in [-0.15, -0.1) is 0 Å². The molecule has 1 heterocycles. The molecule has 0 aliphatic carbocycles. The lowest BCUT2D eigenvalue weighted by molar-refractivity contribution is 0.597. The van der Waals surface area contributed by atoms with Crippen molar-refractivity contribution >= 4 is 5.84 Å². The summed E-state index contributed by atoms with van der Waals surface area (Å²) in [6, 6.07) is 0.463. The molecule has 3 N–H and O–H groups in total. The highest BCUT2D eigenvalue weighted by Crippen LogP contribution is 2.10. The second-order valence-electron chi connectivity index (χ2n) is 2.46. The maximum absolute atomic E-state index is 5.18. The quantitative estimate of drug-likeness (QED) is 0.366. The molecule has 9 heavy (non-hydrogen) atoms. The number of amidine groups is 1. The van der Waals surface area contributed by atoms with Gasteiger partial charge in [0.2, 0.25) is 0 Å². The fourth-order valence-corrected chi connectivity index (χ4v) is 1.07. The molecule has 3 nitrogen and oxygen atoms in total. The summed E-state index contributed by atoms with van der Waals surface area (Å²) in [4.78, 5) is 4.28. The highest BCUT2D eigenvalue weighted by Gasteiger charge is 2.08. The molecule has 1 unspecified atom stereocenters. The lowest BCUT2D eigenvalue weighted by Gasteiger charge is -2.15. The number of rotatable bonds is 0. The maximum atomic E-state index is 5.18. The van der Waals surface area contributed by atoms with Gasteiger partial charge in [-0.25, -0.2) is 5.84 Å². The van der Waals surface area contributed by atoms with Crippen LogP contribution in [0.1, 0.15) is 26.2 Å². The van der Waals surface area contributed by atoms with Crippen LogP contribution in [0.15, 0.2) is 4.99 Å². The van der Waals surface area contributed by atoms with Crippen LogP contribution in [-0.2, 0) is 0 Å². The van der Waals surface area contributed by atoms with Crippen molar-refractivity contribution in [3.05, 3.63) is 0 Å². The zero-order valence-corrected chi connectivity index (χ0v) is 5.72. The molecule has 0 aromatic rings. The predicted octanol–water partition coefficient (Wildman–Crippen LogP) is 0.421. The Bertz CT molecular complexity index is 119. The second-order valence-corrected chi connectivity index (χ2v) is 2.46. The molecule has 0 bridgehead atoms. The lowest BCUT2D eigenvalue weighted by atomic mass is 10.1. The number of hydrazine groups is 1. The topological polar surface area (TPSA) is 50.4 Å². The van der Waals surface area contributed by atoms with Crippen LogP contribution in [0.2, 0.25) is 0 Å². The van der Waals surface area contributed by atoms with Gasteiger partial charge in [-0.2, -0.15) is 0 Å². The summed E-state index contributed by atoms with van der Waals surface area (Å²) >= 11 is 0. The molecule has 1 atom stereocenters. The Kier molecular flexibility index (Phi) is 2.05. The van der Waals surface area contributed by atoms with Crippen LogP contribution in [0.25, 0.3) is 0 Å². The molecule has 0 fully saturated rings. The summed E-state index contributed by atoms with van der Waals surface area (Å²) < 4.78 is 0. The van der Waals surface area contributed by atoms with Gasteiger partial charge in [0.05, 0.1) is 0 Å². The minimum atomic E-state index is 0.463. The monoisotopic (exact) mass is 127 g/mol. The van der Waals surface area contributed by atoms with Gasteiger partial charge in [0.25, 0.3) is 0 Å². The fraction of sp³-hybridized carbons (Fsp3) is 0.833. The van der Waals surface area contributed by atoms with Gasteiger partial charge in [-0.05, 0) is 19.8 Å². The van der Waals surface area contributed by atoms with E-state index in [0.29, 0.717) is 6.04 Å². The van der Waals surface area contributed by atoms with Crippen LogP contribution in [0.3, 0.4) is 0 Å². The number of aliphatic imine (C=N–C) groups is 1. The van der Waals surface area contributed by atoms with E-state index in [1.54, 1.807) is 0 Å². The van der Waals surface area contributed by atoms with E-state index >= 15 is 0 Å². The van der Waals surface area contributed by atoms with Gasteiger partial charge in [-0.3, -0.25) is 4.99 Å². The summed E-state index contributed by atoms with van der Waals surface area (Å²) in [5.74, 6) is 6.14. The van der Waals surface area contributed by atoms with E-state index in [2.05, 4.69) is 17.3 Å². The fourth-order valence-electron chi connectivity index (χ4n) is 1.07. The van der Waals surface area contributed by atoms with E-state index in [0.717, 1.165) is 12.3 Å². The van der Waals surface area contributed by atoms with E-state index in [9.17, 15) is 0 Å². The van der Waals surface area contributed by atoms with Crippen LogP contribution >= 0.6 is 0 Å². The van der Waals surface area contributed by atoms with Gasteiger partial charge in [0, 0.05) is 12.5 Å². The van der Waals surface area contributed by atoms with Crippen molar-refractivity contribution in [3.63, 3.8) is 0 Å². The molecule has 1 rings (SSSR count). The number of hydrogen-bond acceptors (Lipinski definition) is 3. The SMILES string of the molecule is CC1CCCC(NN)=N1. The van der Waals surface area contributed by atoms with Gasteiger partial charge >= 0.3 is 0 Å². The highest BCUT2D eigenvalue weighted by molar-refractivity contribution is 5.82. The molecule has 0 amide bonds. The molecule has 0 saturated carbocycles. The van der Waals surface area contributed by atoms with Crippen molar-refractivity contribution in [2.45, 2.75) is 32.2 Å². The molecule has 0 radical (unpaired) electrons. The maximum Gasteiger partial charge on any atom is 0.111 e. The summed E-state index contributed by atoms with van der Waals surface area (Å²) in [7, 11) is 0.